The van der Waals surface area contributed by atoms with Crippen LogP contribution in [0.25, 0.3) is 67.8 Å². The molecule has 0 radical (unpaired) electrons. The molecule has 0 unspecified atom stereocenters. The summed E-state index contributed by atoms with van der Waals surface area (Å²) in [7, 11) is 0. The molecule has 0 aliphatic heterocycles. The molecular weight excluding hydrogens is 550 g/mol. The second kappa shape index (κ2) is 10.7. The van der Waals surface area contributed by atoms with Crippen molar-refractivity contribution in [1.82, 2.24) is 24.9 Å². The molecule has 2 heterocycles. The molecule has 8 rings (SSSR count). The van der Waals surface area contributed by atoms with Crippen LogP contribution in [-0.4, -0.2) is 24.9 Å². The number of rotatable bonds is 5. The summed E-state index contributed by atoms with van der Waals surface area (Å²) in [6.45, 7) is 4.48. The Balaban J connectivity index is 1.13. The molecule has 0 bridgehead atoms. The predicted octanol–water partition coefficient (Wildman–Crippen LogP) is 9.30. The summed E-state index contributed by atoms with van der Waals surface area (Å²) >= 11 is 0. The van der Waals surface area contributed by atoms with Gasteiger partial charge in [-0.3, -0.25) is 0 Å². The summed E-state index contributed by atoms with van der Waals surface area (Å²) < 4.78 is 0. The molecule has 0 fully saturated rings. The Morgan fingerprint density at radius 2 is 0.911 bits per heavy atom. The molecule has 0 N–H and O–H groups in total. The smallest absolute Gasteiger partial charge is 0.164 e. The van der Waals surface area contributed by atoms with Crippen molar-refractivity contribution < 1.29 is 0 Å². The average molecular weight is 580 g/mol. The first-order chi connectivity index (χ1) is 22.0. The number of hydrogen-bond donors (Lipinski definition) is 0. The van der Waals surface area contributed by atoms with Crippen LogP contribution in [0.1, 0.15) is 25.1 Å². The molecule has 0 amide bonds. The van der Waals surface area contributed by atoms with Crippen LogP contribution in [-0.2, 0) is 5.41 Å². The van der Waals surface area contributed by atoms with Gasteiger partial charge in [-0.25, -0.2) is 24.9 Å². The molecule has 5 heteroatoms. The molecule has 1 aliphatic carbocycles. The van der Waals surface area contributed by atoms with Crippen molar-refractivity contribution in [1.29, 1.82) is 0 Å². The van der Waals surface area contributed by atoms with Crippen LogP contribution >= 0.6 is 0 Å². The number of nitrogens with zero attached hydrogens (tertiary/aromatic N) is 5. The number of fused-ring (bicyclic) bond motifs is 3. The number of aromatic nitrogens is 5. The Morgan fingerprint density at radius 1 is 0.400 bits per heavy atom. The lowest BCUT2D eigenvalue weighted by molar-refractivity contribution is 0.636. The van der Waals surface area contributed by atoms with Crippen LogP contribution in [0, 0.1) is 0 Å². The second-order valence-corrected chi connectivity index (χ2v) is 11.8. The van der Waals surface area contributed by atoms with Crippen molar-refractivity contribution in [3.63, 3.8) is 0 Å². The van der Waals surface area contributed by atoms with Gasteiger partial charge in [0.15, 0.2) is 23.3 Å². The van der Waals surface area contributed by atoms with Crippen LogP contribution in [0.3, 0.4) is 0 Å². The second-order valence-electron chi connectivity index (χ2n) is 11.8. The highest BCUT2D eigenvalue weighted by Gasteiger charge is 2.37. The van der Waals surface area contributed by atoms with Gasteiger partial charge >= 0.3 is 0 Å². The minimum Gasteiger partial charge on any atom is -0.236 e. The highest BCUT2D eigenvalue weighted by molar-refractivity contribution is 5.80. The zero-order chi connectivity index (χ0) is 30.4. The van der Waals surface area contributed by atoms with E-state index < -0.39 is 0 Å². The van der Waals surface area contributed by atoms with Gasteiger partial charge in [-0.2, -0.15) is 0 Å². The lowest BCUT2D eigenvalue weighted by atomic mass is 9.85. The average Bonchev–Trinajstić information content (AvgIpc) is 3.34. The van der Waals surface area contributed by atoms with Gasteiger partial charge in [0.05, 0.1) is 5.69 Å². The summed E-state index contributed by atoms with van der Waals surface area (Å²) in [5, 5.41) is 0. The van der Waals surface area contributed by atoms with Crippen molar-refractivity contribution in [3.05, 3.63) is 151 Å². The van der Waals surface area contributed by atoms with E-state index in [0.717, 1.165) is 50.5 Å². The SMILES string of the molecule is CC1(C)c2ccccc2-c2cnc(-c3ccc(-c4cccc(-c5nc(-c6ccccc6)nc(-c6ccccc6)n5)c4)cc3)nc21. The zero-order valence-electron chi connectivity index (χ0n) is 25.0. The predicted molar refractivity (Wildman–Crippen MR) is 180 cm³/mol. The van der Waals surface area contributed by atoms with Crippen molar-refractivity contribution in [2.24, 2.45) is 0 Å². The lowest BCUT2D eigenvalue weighted by Crippen LogP contribution is -2.17. The van der Waals surface area contributed by atoms with Crippen LogP contribution < -0.4 is 0 Å². The van der Waals surface area contributed by atoms with E-state index in [-0.39, 0.29) is 5.41 Å². The highest BCUT2D eigenvalue weighted by atomic mass is 15.0. The minimum atomic E-state index is -0.167. The van der Waals surface area contributed by atoms with Gasteiger partial charge < -0.3 is 0 Å². The van der Waals surface area contributed by atoms with Crippen molar-refractivity contribution in [2.75, 3.05) is 0 Å². The van der Waals surface area contributed by atoms with Gasteiger partial charge in [0.25, 0.3) is 0 Å². The largest absolute Gasteiger partial charge is 0.236 e. The molecule has 7 aromatic rings. The molecule has 0 atom stereocenters. The van der Waals surface area contributed by atoms with E-state index in [9.17, 15) is 0 Å². The Bertz CT molecular complexity index is 2110. The first-order valence-electron chi connectivity index (χ1n) is 15.1. The number of hydrogen-bond acceptors (Lipinski definition) is 5. The molecule has 45 heavy (non-hydrogen) atoms. The fourth-order valence-electron chi connectivity index (χ4n) is 6.17. The van der Waals surface area contributed by atoms with E-state index >= 15 is 0 Å². The maximum atomic E-state index is 5.08. The molecule has 2 aromatic heterocycles. The van der Waals surface area contributed by atoms with Crippen LogP contribution in [0.4, 0.5) is 0 Å². The maximum absolute atomic E-state index is 5.08. The van der Waals surface area contributed by atoms with E-state index in [2.05, 4.69) is 86.6 Å². The summed E-state index contributed by atoms with van der Waals surface area (Å²) in [4.78, 5) is 24.5. The van der Waals surface area contributed by atoms with Crippen molar-refractivity contribution >= 4 is 0 Å². The van der Waals surface area contributed by atoms with Crippen molar-refractivity contribution in [2.45, 2.75) is 19.3 Å². The molecule has 5 nitrogen and oxygen atoms in total. The van der Waals surface area contributed by atoms with E-state index in [1.807, 2.05) is 66.9 Å². The highest BCUT2D eigenvalue weighted by Crippen LogP contribution is 2.47. The van der Waals surface area contributed by atoms with E-state index in [0.29, 0.717) is 17.5 Å². The van der Waals surface area contributed by atoms with Crippen molar-refractivity contribution in [3.8, 4) is 67.8 Å². The monoisotopic (exact) mass is 579 g/mol. The molecule has 214 valence electrons. The Hall–Kier alpha value is -5.81. The minimum absolute atomic E-state index is 0.167. The van der Waals surface area contributed by atoms with Gasteiger partial charge in [-0.05, 0) is 28.3 Å². The summed E-state index contributed by atoms with van der Waals surface area (Å²) in [6, 6.07) is 45.4. The molecule has 1 aliphatic rings. The van der Waals surface area contributed by atoms with Gasteiger partial charge in [0.1, 0.15) is 0 Å². The molecule has 0 saturated heterocycles. The van der Waals surface area contributed by atoms with Gasteiger partial charge in [-0.15, -0.1) is 0 Å². The first kappa shape index (κ1) is 26.8. The molecule has 0 saturated carbocycles. The third-order valence-electron chi connectivity index (χ3n) is 8.57. The standard InChI is InChI=1S/C40H29N5/c1-40(2)34-19-10-9-18-32(34)33-25-41-36(42-35(33)40)29-22-20-26(21-23-29)30-16-11-17-31(24-30)39-44-37(27-12-5-3-6-13-27)43-38(45-39)28-14-7-4-8-15-28/h3-25H,1-2H3. The van der Waals surface area contributed by atoms with Gasteiger partial charge in [0, 0.05) is 39.4 Å². The van der Waals surface area contributed by atoms with Gasteiger partial charge in [0.2, 0.25) is 0 Å². The fourth-order valence-corrected chi connectivity index (χ4v) is 6.17. The molecule has 5 aromatic carbocycles. The number of benzene rings is 5. The van der Waals surface area contributed by atoms with Crippen LogP contribution in [0.2, 0.25) is 0 Å². The quantitative estimate of drug-likeness (QED) is 0.203. The molecular formula is C40H29N5. The molecule has 0 spiro atoms. The Morgan fingerprint density at radius 3 is 1.58 bits per heavy atom. The summed E-state index contributed by atoms with van der Waals surface area (Å²) in [6.07, 6.45) is 1.98. The summed E-state index contributed by atoms with van der Waals surface area (Å²) in [5.74, 6) is 2.67. The van der Waals surface area contributed by atoms with E-state index in [1.165, 1.54) is 11.1 Å². The fraction of sp³-hybridized carbons (Fsp3) is 0.0750. The van der Waals surface area contributed by atoms with Crippen LogP contribution in [0.5, 0.6) is 0 Å². The lowest BCUT2D eigenvalue weighted by Gasteiger charge is -2.20. The van der Waals surface area contributed by atoms with Gasteiger partial charge in [-0.1, -0.05) is 141 Å². The third-order valence-corrected chi connectivity index (χ3v) is 8.57. The first-order valence-corrected chi connectivity index (χ1v) is 15.1. The van der Waals surface area contributed by atoms with Crippen LogP contribution in [0.15, 0.2) is 140 Å². The topological polar surface area (TPSA) is 64.5 Å². The zero-order valence-corrected chi connectivity index (χ0v) is 25.0. The normalized spacial score (nSPS) is 12.8. The maximum Gasteiger partial charge on any atom is 0.164 e. The summed E-state index contributed by atoms with van der Waals surface area (Å²) in [5.41, 5.74) is 10.5. The Labute approximate surface area is 262 Å². The van der Waals surface area contributed by atoms with E-state index in [4.69, 9.17) is 24.9 Å². The Kier molecular flexibility index (Phi) is 6.38. The third kappa shape index (κ3) is 4.79. The van der Waals surface area contributed by atoms with E-state index in [1.54, 1.807) is 0 Å².